The Bertz CT molecular complexity index is 479. The van der Waals surface area contributed by atoms with Gasteiger partial charge in [-0.15, -0.1) is 5.10 Å². The molecule has 5 nitrogen and oxygen atoms in total. The largest absolute Gasteiger partial charge is 0.365 e. The van der Waals surface area contributed by atoms with Gasteiger partial charge in [0, 0.05) is 6.54 Å². The summed E-state index contributed by atoms with van der Waals surface area (Å²) < 4.78 is 7.70. The molecule has 2 N–H and O–H groups in total. The zero-order chi connectivity index (χ0) is 11.0. The Labute approximate surface area is 96.8 Å². The highest BCUT2D eigenvalue weighted by molar-refractivity contribution is 7.07. The molecule has 16 heavy (non-hydrogen) atoms. The van der Waals surface area contributed by atoms with Crippen molar-refractivity contribution in [1.29, 1.82) is 0 Å². The van der Waals surface area contributed by atoms with E-state index in [9.17, 15) is 0 Å². The predicted octanol–water partition coefficient (Wildman–Crippen LogP) is 1.07. The van der Waals surface area contributed by atoms with Crippen molar-refractivity contribution >= 4 is 11.3 Å². The Morgan fingerprint density at radius 2 is 2.56 bits per heavy atom. The fraction of sp³-hybridized carbons (Fsp3) is 0.400. The highest BCUT2D eigenvalue weighted by atomic mass is 32.1. The molecule has 6 heteroatoms. The number of ether oxygens (including phenoxy) is 1. The molecule has 0 saturated heterocycles. The average Bonchev–Trinajstić information content (AvgIpc) is 2.97. The van der Waals surface area contributed by atoms with Crippen molar-refractivity contribution in [2.75, 3.05) is 0 Å². The molecule has 2 aromatic rings. The van der Waals surface area contributed by atoms with Crippen LogP contribution in [0.15, 0.2) is 16.8 Å². The van der Waals surface area contributed by atoms with Crippen molar-refractivity contribution in [1.82, 2.24) is 15.0 Å². The molecule has 1 atom stereocenters. The van der Waals surface area contributed by atoms with Crippen LogP contribution in [0.3, 0.4) is 0 Å². The van der Waals surface area contributed by atoms with Crippen molar-refractivity contribution in [3.8, 4) is 0 Å². The summed E-state index contributed by atoms with van der Waals surface area (Å²) in [4.78, 5) is 0. The molecule has 84 valence electrons. The van der Waals surface area contributed by atoms with Crippen LogP contribution in [0.4, 0.5) is 0 Å². The third-order valence-corrected chi connectivity index (χ3v) is 3.49. The van der Waals surface area contributed by atoms with Crippen LogP contribution in [0.5, 0.6) is 0 Å². The molecule has 0 radical (unpaired) electrons. The lowest BCUT2D eigenvalue weighted by atomic mass is 10.1. The minimum absolute atomic E-state index is 0.0890. The maximum absolute atomic E-state index is 5.80. The number of thiophene rings is 1. The first-order valence-corrected chi connectivity index (χ1v) is 6.07. The second-order valence-electron chi connectivity index (χ2n) is 3.73. The van der Waals surface area contributed by atoms with E-state index in [2.05, 4.69) is 27.1 Å². The highest BCUT2D eigenvalue weighted by Gasteiger charge is 2.24. The Balaban J connectivity index is 1.87. The molecule has 3 rings (SSSR count). The van der Waals surface area contributed by atoms with Gasteiger partial charge in [0.05, 0.1) is 18.8 Å². The first-order valence-electron chi connectivity index (χ1n) is 5.13. The molecule has 2 aromatic heterocycles. The van der Waals surface area contributed by atoms with Gasteiger partial charge >= 0.3 is 0 Å². The molecule has 0 aromatic carbocycles. The number of nitrogens with two attached hydrogens (primary N) is 1. The fourth-order valence-electron chi connectivity index (χ4n) is 1.88. The van der Waals surface area contributed by atoms with E-state index >= 15 is 0 Å². The minimum atomic E-state index is 0.0890. The van der Waals surface area contributed by atoms with Gasteiger partial charge in [-0.2, -0.15) is 11.3 Å². The zero-order valence-corrected chi connectivity index (χ0v) is 9.48. The lowest BCUT2D eigenvalue weighted by Crippen LogP contribution is -2.22. The van der Waals surface area contributed by atoms with Crippen molar-refractivity contribution < 1.29 is 4.74 Å². The molecule has 0 spiro atoms. The van der Waals surface area contributed by atoms with E-state index < -0.39 is 0 Å². The summed E-state index contributed by atoms with van der Waals surface area (Å²) in [6.07, 6.45) is 0.0890. The molecule has 1 unspecified atom stereocenters. The van der Waals surface area contributed by atoms with Gasteiger partial charge < -0.3 is 10.5 Å². The minimum Gasteiger partial charge on any atom is -0.365 e. The SMILES string of the molecule is NCc1nnn2c1COC(c1ccsc1)C2. The lowest BCUT2D eigenvalue weighted by molar-refractivity contribution is -0.00154. The average molecular weight is 236 g/mol. The number of fused-ring (bicyclic) bond motifs is 1. The van der Waals surface area contributed by atoms with Crippen LogP contribution in [0.2, 0.25) is 0 Å². The van der Waals surface area contributed by atoms with Gasteiger partial charge in [0.25, 0.3) is 0 Å². The van der Waals surface area contributed by atoms with Crippen LogP contribution < -0.4 is 5.73 Å². The van der Waals surface area contributed by atoms with E-state index in [4.69, 9.17) is 10.5 Å². The standard InChI is InChI=1S/C10H12N4OS/c11-3-8-9-5-15-10(4-14(9)13-12-8)7-1-2-16-6-7/h1-2,6,10H,3-5,11H2. The summed E-state index contributed by atoms with van der Waals surface area (Å²) in [5.74, 6) is 0. The van der Waals surface area contributed by atoms with Gasteiger partial charge in [-0.25, -0.2) is 4.68 Å². The van der Waals surface area contributed by atoms with E-state index in [1.807, 2.05) is 4.68 Å². The van der Waals surface area contributed by atoms with Crippen LogP contribution >= 0.6 is 11.3 Å². The van der Waals surface area contributed by atoms with E-state index in [0.29, 0.717) is 13.2 Å². The molecular weight excluding hydrogens is 224 g/mol. The van der Waals surface area contributed by atoms with Gasteiger partial charge in [-0.3, -0.25) is 0 Å². The second kappa shape index (κ2) is 3.97. The van der Waals surface area contributed by atoms with Gasteiger partial charge in [-0.05, 0) is 22.4 Å². The summed E-state index contributed by atoms with van der Waals surface area (Å²) in [7, 11) is 0. The Kier molecular flexibility index (Phi) is 2.47. The first-order chi connectivity index (χ1) is 7.88. The van der Waals surface area contributed by atoms with Crippen molar-refractivity contribution in [3.63, 3.8) is 0 Å². The van der Waals surface area contributed by atoms with Gasteiger partial charge in [0.15, 0.2) is 0 Å². The van der Waals surface area contributed by atoms with Gasteiger partial charge in [0.1, 0.15) is 11.8 Å². The molecule has 0 fully saturated rings. The smallest absolute Gasteiger partial charge is 0.103 e. The summed E-state index contributed by atoms with van der Waals surface area (Å²) >= 11 is 1.68. The maximum atomic E-state index is 5.80. The van der Waals surface area contributed by atoms with Crippen molar-refractivity contribution in [2.24, 2.45) is 5.73 Å². The number of rotatable bonds is 2. The second-order valence-corrected chi connectivity index (χ2v) is 4.51. The van der Waals surface area contributed by atoms with Crippen LogP contribution in [-0.2, 0) is 24.4 Å². The third kappa shape index (κ3) is 1.55. The zero-order valence-electron chi connectivity index (χ0n) is 8.67. The molecular formula is C10H12N4OS. The predicted molar refractivity (Wildman–Crippen MR) is 59.8 cm³/mol. The highest BCUT2D eigenvalue weighted by Crippen LogP contribution is 2.27. The van der Waals surface area contributed by atoms with Gasteiger partial charge in [0.2, 0.25) is 0 Å². The molecule has 3 heterocycles. The van der Waals surface area contributed by atoms with Crippen LogP contribution in [0, 0.1) is 0 Å². The number of hydrogen-bond donors (Lipinski definition) is 1. The van der Waals surface area contributed by atoms with Crippen molar-refractivity contribution in [3.05, 3.63) is 33.8 Å². The van der Waals surface area contributed by atoms with Crippen molar-refractivity contribution in [2.45, 2.75) is 25.8 Å². The molecule has 0 saturated carbocycles. The Hall–Kier alpha value is -1.24. The van der Waals surface area contributed by atoms with Crippen LogP contribution in [0.1, 0.15) is 23.1 Å². The fourth-order valence-corrected chi connectivity index (χ4v) is 2.58. The summed E-state index contributed by atoms with van der Waals surface area (Å²) in [6, 6.07) is 2.08. The summed E-state index contributed by atoms with van der Waals surface area (Å²) in [6.45, 7) is 1.68. The van der Waals surface area contributed by atoms with Gasteiger partial charge in [-0.1, -0.05) is 5.21 Å². The summed E-state index contributed by atoms with van der Waals surface area (Å²) in [5.41, 5.74) is 8.63. The van der Waals surface area contributed by atoms with E-state index in [1.54, 1.807) is 11.3 Å². The molecule has 0 amide bonds. The van der Waals surface area contributed by atoms with E-state index in [-0.39, 0.29) is 6.10 Å². The summed E-state index contributed by atoms with van der Waals surface area (Å²) in [5, 5.41) is 12.3. The monoisotopic (exact) mass is 236 g/mol. The van der Waals surface area contributed by atoms with Crippen LogP contribution in [0.25, 0.3) is 0 Å². The molecule has 1 aliphatic heterocycles. The molecule has 0 aliphatic carbocycles. The molecule has 1 aliphatic rings. The third-order valence-electron chi connectivity index (χ3n) is 2.79. The lowest BCUT2D eigenvalue weighted by Gasteiger charge is -2.23. The van der Waals surface area contributed by atoms with Crippen LogP contribution in [-0.4, -0.2) is 15.0 Å². The Morgan fingerprint density at radius 3 is 3.31 bits per heavy atom. The quantitative estimate of drug-likeness (QED) is 0.847. The topological polar surface area (TPSA) is 66.0 Å². The van der Waals surface area contributed by atoms with E-state index in [1.165, 1.54) is 5.56 Å². The van der Waals surface area contributed by atoms with E-state index in [0.717, 1.165) is 17.9 Å². The first kappa shape index (κ1) is 9.95. The molecule has 0 bridgehead atoms. The maximum Gasteiger partial charge on any atom is 0.103 e. The Morgan fingerprint density at radius 1 is 1.62 bits per heavy atom. The number of aromatic nitrogens is 3. The number of hydrogen-bond acceptors (Lipinski definition) is 5. The normalized spacial score (nSPS) is 19.7. The number of nitrogens with zero attached hydrogens (tertiary/aromatic N) is 3.